The summed E-state index contributed by atoms with van der Waals surface area (Å²) >= 11 is 0. The molecule has 3 aromatic rings. The van der Waals surface area contributed by atoms with Crippen LogP contribution in [0.3, 0.4) is 0 Å². The van der Waals surface area contributed by atoms with E-state index in [2.05, 4.69) is 17.0 Å². The van der Waals surface area contributed by atoms with E-state index in [0.717, 1.165) is 18.4 Å². The summed E-state index contributed by atoms with van der Waals surface area (Å²) in [7, 11) is 0. The lowest BCUT2D eigenvalue weighted by Crippen LogP contribution is -2.14. The predicted octanol–water partition coefficient (Wildman–Crippen LogP) is 4.34. The Kier molecular flexibility index (Phi) is 4.93. The van der Waals surface area contributed by atoms with Crippen LogP contribution < -0.4 is 4.74 Å². The van der Waals surface area contributed by atoms with Crippen molar-refractivity contribution in [2.45, 2.75) is 52.4 Å². The summed E-state index contributed by atoms with van der Waals surface area (Å²) in [6.07, 6.45) is 0.815. The molecule has 3 aromatic heterocycles. The highest BCUT2D eigenvalue weighted by atomic mass is 19.4. The molecule has 0 amide bonds. The molecule has 0 unspecified atom stereocenters. The maximum Gasteiger partial charge on any atom is 0.435 e. The van der Waals surface area contributed by atoms with E-state index in [1.807, 2.05) is 26.1 Å². The van der Waals surface area contributed by atoms with Crippen molar-refractivity contribution in [1.29, 1.82) is 0 Å². The van der Waals surface area contributed by atoms with Gasteiger partial charge in [0.15, 0.2) is 11.3 Å². The second kappa shape index (κ2) is 7.01. The van der Waals surface area contributed by atoms with Gasteiger partial charge in [0, 0.05) is 18.5 Å². The van der Waals surface area contributed by atoms with E-state index in [0.29, 0.717) is 0 Å². The number of aryl methyl sites for hydroxylation is 1. The maximum atomic E-state index is 13.5. The Balaban J connectivity index is 2.06. The van der Waals surface area contributed by atoms with Gasteiger partial charge in [-0.3, -0.25) is 0 Å². The lowest BCUT2D eigenvalue weighted by molar-refractivity contribution is -0.141. The van der Waals surface area contributed by atoms with Crippen LogP contribution in [0.1, 0.15) is 44.1 Å². The number of imidazole rings is 1. The fourth-order valence-corrected chi connectivity index (χ4v) is 2.83. The molecular weight excluding hydrogens is 345 g/mol. The topological polar surface area (TPSA) is 44.3 Å². The van der Waals surface area contributed by atoms with Crippen LogP contribution in [-0.4, -0.2) is 25.3 Å². The number of rotatable bonds is 6. The van der Waals surface area contributed by atoms with Gasteiger partial charge in [-0.2, -0.15) is 13.2 Å². The Bertz CT molecular complexity index is 896. The minimum Gasteiger partial charge on any atom is -0.474 e. The lowest BCUT2D eigenvalue weighted by Gasteiger charge is -2.10. The molecule has 3 heterocycles. The second-order valence-electron chi connectivity index (χ2n) is 6.46. The highest BCUT2D eigenvalue weighted by molar-refractivity contribution is 5.44. The van der Waals surface area contributed by atoms with Gasteiger partial charge in [-0.05, 0) is 38.0 Å². The zero-order valence-corrected chi connectivity index (χ0v) is 14.9. The Morgan fingerprint density at radius 2 is 1.96 bits per heavy atom. The number of halogens is 3. The minimum absolute atomic E-state index is 0.0136. The summed E-state index contributed by atoms with van der Waals surface area (Å²) < 4.78 is 48.9. The Hall–Kier alpha value is -2.51. The Labute approximate surface area is 149 Å². The van der Waals surface area contributed by atoms with Crippen LogP contribution in [0.15, 0.2) is 30.6 Å². The zero-order valence-electron chi connectivity index (χ0n) is 14.9. The molecule has 8 heteroatoms. The van der Waals surface area contributed by atoms with Crippen molar-refractivity contribution in [3.63, 3.8) is 0 Å². The lowest BCUT2D eigenvalue weighted by atomic mass is 10.2. The molecule has 0 fully saturated rings. The SMILES string of the molecule is CCCc1ccn(Cc2c(C(F)(F)F)nc3ccc(OC(C)C)nn23)c1. The molecule has 0 aliphatic carbocycles. The van der Waals surface area contributed by atoms with Crippen molar-refractivity contribution in [2.75, 3.05) is 0 Å². The normalized spacial score (nSPS) is 12.3. The number of hydrogen-bond donors (Lipinski definition) is 0. The van der Waals surface area contributed by atoms with Crippen molar-refractivity contribution in [2.24, 2.45) is 0 Å². The van der Waals surface area contributed by atoms with Crippen LogP contribution in [0.25, 0.3) is 5.65 Å². The number of ether oxygens (including phenoxy) is 1. The molecule has 0 aromatic carbocycles. The molecule has 0 aliphatic heterocycles. The molecule has 0 aliphatic rings. The standard InChI is InChI=1S/C18H21F3N4O/c1-4-5-13-8-9-24(10-13)11-14-17(18(19,20)21)22-15-6-7-16(23-25(14)15)26-12(2)3/h6-10,12H,4-5,11H2,1-3H3. The van der Waals surface area contributed by atoms with Crippen LogP contribution in [0, 0.1) is 0 Å². The van der Waals surface area contributed by atoms with Gasteiger partial charge >= 0.3 is 6.18 Å². The monoisotopic (exact) mass is 366 g/mol. The van der Waals surface area contributed by atoms with E-state index in [1.165, 1.54) is 16.6 Å². The third-order valence-corrected chi connectivity index (χ3v) is 3.85. The number of alkyl halides is 3. The van der Waals surface area contributed by atoms with E-state index < -0.39 is 11.9 Å². The second-order valence-corrected chi connectivity index (χ2v) is 6.46. The fourth-order valence-electron chi connectivity index (χ4n) is 2.83. The molecule has 0 bridgehead atoms. The van der Waals surface area contributed by atoms with Gasteiger partial charge in [-0.1, -0.05) is 13.3 Å². The first-order chi connectivity index (χ1) is 12.3. The van der Waals surface area contributed by atoms with E-state index in [9.17, 15) is 13.2 Å². The summed E-state index contributed by atoms with van der Waals surface area (Å²) in [5.74, 6) is 0.263. The first-order valence-electron chi connectivity index (χ1n) is 8.55. The largest absolute Gasteiger partial charge is 0.474 e. The number of hydrogen-bond acceptors (Lipinski definition) is 3. The van der Waals surface area contributed by atoms with Crippen LogP contribution in [0.5, 0.6) is 5.88 Å². The van der Waals surface area contributed by atoms with Crippen molar-refractivity contribution in [3.8, 4) is 5.88 Å². The Morgan fingerprint density at radius 3 is 2.62 bits per heavy atom. The molecular formula is C18H21F3N4O. The van der Waals surface area contributed by atoms with Crippen LogP contribution in [-0.2, 0) is 19.1 Å². The molecule has 5 nitrogen and oxygen atoms in total. The summed E-state index contributed by atoms with van der Waals surface area (Å²) in [5, 5.41) is 4.21. The van der Waals surface area contributed by atoms with E-state index in [4.69, 9.17) is 4.74 Å². The summed E-state index contributed by atoms with van der Waals surface area (Å²) in [6.45, 7) is 5.75. The van der Waals surface area contributed by atoms with Gasteiger partial charge in [0.25, 0.3) is 0 Å². The smallest absolute Gasteiger partial charge is 0.435 e. The third-order valence-electron chi connectivity index (χ3n) is 3.85. The van der Waals surface area contributed by atoms with Crippen molar-refractivity contribution in [3.05, 3.63) is 47.5 Å². The highest BCUT2D eigenvalue weighted by Crippen LogP contribution is 2.32. The molecule has 0 saturated heterocycles. The molecule has 0 saturated carbocycles. The average molecular weight is 366 g/mol. The predicted molar refractivity (Wildman–Crippen MR) is 91.3 cm³/mol. The fraction of sp³-hybridized carbons (Fsp3) is 0.444. The molecule has 3 rings (SSSR count). The summed E-state index contributed by atoms with van der Waals surface area (Å²) in [6, 6.07) is 4.93. The molecule has 0 atom stereocenters. The molecule has 0 radical (unpaired) electrons. The first-order valence-corrected chi connectivity index (χ1v) is 8.55. The van der Waals surface area contributed by atoms with E-state index in [-0.39, 0.29) is 29.9 Å². The van der Waals surface area contributed by atoms with Gasteiger partial charge < -0.3 is 9.30 Å². The highest BCUT2D eigenvalue weighted by Gasteiger charge is 2.38. The van der Waals surface area contributed by atoms with Gasteiger partial charge in [-0.25, -0.2) is 9.50 Å². The van der Waals surface area contributed by atoms with Gasteiger partial charge in [0.1, 0.15) is 0 Å². The van der Waals surface area contributed by atoms with Crippen LogP contribution >= 0.6 is 0 Å². The van der Waals surface area contributed by atoms with E-state index >= 15 is 0 Å². The Morgan fingerprint density at radius 1 is 1.19 bits per heavy atom. The average Bonchev–Trinajstić information content (AvgIpc) is 3.12. The van der Waals surface area contributed by atoms with Gasteiger partial charge in [0.2, 0.25) is 5.88 Å². The van der Waals surface area contributed by atoms with Crippen molar-refractivity contribution >= 4 is 5.65 Å². The summed E-state index contributed by atoms with van der Waals surface area (Å²) in [4.78, 5) is 3.75. The number of aromatic nitrogens is 4. The van der Waals surface area contributed by atoms with Gasteiger partial charge in [-0.15, -0.1) is 5.10 Å². The number of fused-ring (bicyclic) bond motifs is 1. The van der Waals surface area contributed by atoms with Crippen LogP contribution in [0.4, 0.5) is 13.2 Å². The van der Waals surface area contributed by atoms with Crippen LogP contribution in [0.2, 0.25) is 0 Å². The molecule has 26 heavy (non-hydrogen) atoms. The zero-order chi connectivity index (χ0) is 18.9. The third kappa shape index (κ3) is 3.84. The van der Waals surface area contributed by atoms with Crippen molar-refractivity contribution in [1.82, 2.24) is 19.2 Å². The minimum atomic E-state index is -4.55. The quantitative estimate of drug-likeness (QED) is 0.652. The summed E-state index contributed by atoms with van der Waals surface area (Å²) in [5.41, 5.74) is 0.300. The van der Waals surface area contributed by atoms with Crippen molar-refractivity contribution < 1.29 is 17.9 Å². The van der Waals surface area contributed by atoms with Gasteiger partial charge in [0.05, 0.1) is 18.3 Å². The molecule has 0 N–H and O–H groups in total. The maximum absolute atomic E-state index is 13.5. The number of nitrogens with zero attached hydrogens (tertiary/aromatic N) is 4. The van der Waals surface area contributed by atoms with E-state index in [1.54, 1.807) is 10.8 Å². The molecule has 0 spiro atoms. The molecule has 140 valence electrons. The first kappa shape index (κ1) is 18.3.